The maximum Gasteiger partial charge on any atom is 0.308 e. The van der Waals surface area contributed by atoms with E-state index in [2.05, 4.69) is 18.8 Å². The van der Waals surface area contributed by atoms with Crippen molar-refractivity contribution >= 4 is 36.0 Å². The van der Waals surface area contributed by atoms with Gasteiger partial charge in [-0.25, -0.2) is 0 Å². The second-order valence-corrected chi connectivity index (χ2v) is 20.0. The Morgan fingerprint density at radius 1 is 0.958 bits per heavy atom. The number of aromatic hydroxyl groups is 1. The van der Waals surface area contributed by atoms with Crippen LogP contribution < -0.4 is 15.2 Å². The van der Waals surface area contributed by atoms with Crippen molar-refractivity contribution in [2.24, 2.45) is 17.6 Å². The van der Waals surface area contributed by atoms with Gasteiger partial charge in [-0.05, 0) is 109 Å². The van der Waals surface area contributed by atoms with Gasteiger partial charge in [0.25, 0.3) is 0 Å². The Labute approximate surface area is 415 Å². The van der Waals surface area contributed by atoms with Gasteiger partial charge in [-0.15, -0.1) is 0 Å². The first-order valence-electron chi connectivity index (χ1n) is 24.4. The zero-order valence-corrected chi connectivity index (χ0v) is 40.2. The molecule has 0 amide bonds. The van der Waals surface area contributed by atoms with Crippen molar-refractivity contribution in [1.82, 2.24) is 0 Å². The summed E-state index contributed by atoms with van der Waals surface area (Å²) in [6, 6.07) is 11.1. The molecule has 1 saturated heterocycles. The van der Waals surface area contributed by atoms with Crippen molar-refractivity contribution in [3.63, 3.8) is 0 Å². The van der Waals surface area contributed by atoms with Gasteiger partial charge in [0.1, 0.15) is 23.4 Å². The highest BCUT2D eigenvalue weighted by atomic mass is 16.7. The molecule has 10 N–H and O–H groups in total. The van der Waals surface area contributed by atoms with Gasteiger partial charge in [-0.2, -0.15) is 0 Å². The molecule has 4 aromatic carbocycles. The molecule has 1 saturated carbocycles. The lowest BCUT2D eigenvalue weighted by molar-refractivity contribution is -0.371. The standard InChI is InChI=1S/C56H59NO15/c1-4-29-20-35-15-14-32-12-13-33(41(26-59)47(32)55(35,67)24-29)22-40-48(62)46-45-39(51(40)72-54-53(66)56(68,69)52(65)27(2)70-54)10-6-9-36(57)16-17-37(61)21-31-8-5-7-30(19-31)11-18-38-42(71-28(3)60)23-34(25-58)43(49(46)63)44(38)50(45)64/h5,7-8,11-13,18-19,23,26-27,29,35-37,52-54,58,61-62,65-69H,4,10,14-17,20-22,24-25,57H2,1-3H3/b18-11+/t27-,29+,35+,36-,37+,52+,53-,54+,55+/m0/s1. The number of hydrogen-bond donors (Lipinski definition) is 9. The van der Waals surface area contributed by atoms with E-state index in [0.29, 0.717) is 36.7 Å². The molecule has 0 spiro atoms. The van der Waals surface area contributed by atoms with E-state index in [1.54, 1.807) is 30.3 Å². The number of ketones is 2. The highest BCUT2D eigenvalue weighted by Gasteiger charge is 2.55. The van der Waals surface area contributed by atoms with Gasteiger partial charge < -0.3 is 60.8 Å². The van der Waals surface area contributed by atoms with Crippen LogP contribution in [0.3, 0.4) is 0 Å². The molecule has 9 atom stereocenters. The number of esters is 1. The van der Waals surface area contributed by atoms with Crippen LogP contribution in [0.15, 0.2) is 42.5 Å². The Bertz CT molecular complexity index is 2980. The van der Waals surface area contributed by atoms with Crippen molar-refractivity contribution in [2.45, 2.75) is 140 Å². The van der Waals surface area contributed by atoms with E-state index >= 15 is 9.59 Å². The van der Waals surface area contributed by atoms with Gasteiger partial charge in [0, 0.05) is 58.7 Å². The minimum atomic E-state index is -3.22. The second-order valence-electron chi connectivity index (χ2n) is 20.0. The van der Waals surface area contributed by atoms with Crippen LogP contribution in [-0.4, -0.2) is 107 Å². The van der Waals surface area contributed by atoms with E-state index in [4.69, 9.17) is 19.9 Å². The van der Waals surface area contributed by atoms with Gasteiger partial charge >= 0.3 is 5.97 Å². The predicted molar refractivity (Wildman–Crippen MR) is 260 cm³/mol. The fourth-order valence-electron chi connectivity index (χ4n) is 11.7. The number of fused-ring (bicyclic) bond motifs is 5. The van der Waals surface area contributed by atoms with E-state index in [1.807, 2.05) is 12.1 Å². The molecular formula is C56H59NO15. The highest BCUT2D eigenvalue weighted by molar-refractivity contribution is 6.32. The number of benzene rings is 4. The van der Waals surface area contributed by atoms with E-state index in [0.717, 1.165) is 30.9 Å². The molecular weight excluding hydrogens is 927 g/mol. The van der Waals surface area contributed by atoms with Gasteiger partial charge in [0.15, 0.2) is 24.0 Å². The van der Waals surface area contributed by atoms with Crippen LogP contribution in [0, 0.1) is 23.7 Å². The minimum Gasteiger partial charge on any atom is -0.507 e. The van der Waals surface area contributed by atoms with Crippen LogP contribution >= 0.6 is 0 Å². The van der Waals surface area contributed by atoms with Gasteiger partial charge in [-0.1, -0.05) is 67.7 Å². The average Bonchev–Trinajstić information content (AvgIpc) is 3.70. The van der Waals surface area contributed by atoms with Crippen LogP contribution in [0.5, 0.6) is 17.2 Å². The average molecular weight is 986 g/mol. The summed E-state index contributed by atoms with van der Waals surface area (Å²) in [4.78, 5) is 57.3. The quantitative estimate of drug-likeness (QED) is 0.0351. The molecule has 4 bridgehead atoms. The summed E-state index contributed by atoms with van der Waals surface area (Å²) in [6.07, 6.45) is -1.73. The normalized spacial score (nSPS) is 27.8. The Kier molecular flexibility index (Phi) is 13.9. The molecule has 0 aromatic heterocycles. The summed E-state index contributed by atoms with van der Waals surface area (Å²) in [5, 5.41) is 91.4. The molecule has 9 rings (SSSR count). The topological polar surface area (TPSA) is 284 Å². The van der Waals surface area contributed by atoms with Gasteiger partial charge in [0.05, 0.1) is 36.0 Å². The number of carbonyl (C=O) groups is 4. The number of nitrogens with two attached hydrogens (primary N) is 1. The summed E-state index contributed by atoms with van der Waals surface area (Å²) in [5.41, 5.74) is 6.03. The van der Waals surface area contributed by atoms with Crippen LogP contribution in [0.25, 0.3) is 12.2 Å². The fourth-order valence-corrected chi connectivity index (χ4v) is 11.7. The lowest BCUT2D eigenvalue weighted by Crippen LogP contribution is -2.67. The number of carbonyl (C=O) groups excluding carboxylic acids is 4. The minimum absolute atomic E-state index is 0.0459. The summed E-state index contributed by atoms with van der Waals surface area (Å²) < 4.78 is 17.9. The number of aryl methyl sites for hydroxylation is 1. The predicted octanol–water partition coefficient (Wildman–Crippen LogP) is 3.83. The lowest BCUT2D eigenvalue weighted by atomic mass is 9.70. The van der Waals surface area contributed by atoms with Gasteiger partial charge in [-0.3, -0.25) is 19.2 Å². The maximum absolute atomic E-state index is 15.8. The molecule has 4 aliphatic carbocycles. The largest absolute Gasteiger partial charge is 0.507 e. The molecule has 0 radical (unpaired) electrons. The zero-order valence-electron chi connectivity index (χ0n) is 40.2. The number of aldehydes is 1. The Balaban J connectivity index is 1.34. The second kappa shape index (κ2) is 19.7. The first-order chi connectivity index (χ1) is 34.3. The van der Waals surface area contributed by atoms with Gasteiger partial charge in [0.2, 0.25) is 12.1 Å². The molecule has 378 valence electrons. The number of rotatable bonds is 8. The smallest absolute Gasteiger partial charge is 0.308 e. The fraction of sp³-hybridized carbons (Fsp3) is 0.429. The molecule has 72 heavy (non-hydrogen) atoms. The number of hydrogen-bond acceptors (Lipinski definition) is 16. The monoisotopic (exact) mass is 985 g/mol. The summed E-state index contributed by atoms with van der Waals surface area (Å²) >= 11 is 0. The van der Waals surface area contributed by atoms with Crippen LogP contribution in [-0.2, 0) is 47.4 Å². The molecule has 16 nitrogen and oxygen atoms in total. The van der Waals surface area contributed by atoms with Crippen molar-refractivity contribution < 1.29 is 74.2 Å². The SMILES string of the molecule is CC[C@@H]1C[C@H]2CCc3ccc(Cc4c(O)c5c6c(c4O[C@H]4O[C@@H](C)[C@@H](O)C(O)(O)[C@H]4O)CC#C[C@H](N)CC[C@@H](O)Cc4cccc(c4)/C=C/c4c(OC(C)=O)cc(CO)c(c4C6=O)C5=O)c(C=O)c3[C@@]2(O)C1. The third-order valence-electron chi connectivity index (χ3n) is 15.3. The number of aliphatic hydroxyl groups excluding tert-OH is 4. The molecule has 1 aliphatic heterocycles. The molecule has 16 heteroatoms. The molecule has 4 aromatic rings. The summed E-state index contributed by atoms with van der Waals surface area (Å²) in [7, 11) is 0. The Hall–Kier alpha value is -6.10. The van der Waals surface area contributed by atoms with Crippen LogP contribution in [0.1, 0.15) is 152 Å². The molecule has 2 fully saturated rings. The van der Waals surface area contributed by atoms with Crippen molar-refractivity contribution in [1.29, 1.82) is 0 Å². The number of aliphatic hydroxyl groups is 7. The Morgan fingerprint density at radius 3 is 2.44 bits per heavy atom. The third-order valence-corrected chi connectivity index (χ3v) is 15.3. The first-order valence-corrected chi connectivity index (χ1v) is 24.4. The summed E-state index contributed by atoms with van der Waals surface area (Å²) in [5.74, 6) is -1.26. The lowest BCUT2D eigenvalue weighted by Gasteiger charge is -2.44. The van der Waals surface area contributed by atoms with Crippen molar-refractivity contribution in [3.8, 4) is 29.1 Å². The van der Waals surface area contributed by atoms with Crippen LogP contribution in [0.2, 0.25) is 0 Å². The summed E-state index contributed by atoms with van der Waals surface area (Å²) in [6.45, 7) is 3.66. The van der Waals surface area contributed by atoms with E-state index in [1.165, 1.54) is 19.1 Å². The third kappa shape index (κ3) is 8.86. The van der Waals surface area contributed by atoms with Crippen LogP contribution in [0.4, 0.5) is 0 Å². The first kappa shape index (κ1) is 50.8. The number of ether oxygens (including phenoxy) is 3. The van der Waals surface area contributed by atoms with Crippen molar-refractivity contribution in [2.75, 3.05) is 0 Å². The van der Waals surface area contributed by atoms with E-state index in [9.17, 15) is 50.4 Å². The maximum atomic E-state index is 15.8. The molecule has 0 unspecified atom stereocenters. The molecule has 5 aliphatic rings. The number of phenols is 1. The van der Waals surface area contributed by atoms with E-state index in [-0.39, 0.29) is 81.4 Å². The highest BCUT2D eigenvalue weighted by Crippen LogP contribution is 2.55. The zero-order chi connectivity index (χ0) is 51.6. The van der Waals surface area contributed by atoms with E-state index < -0.39 is 108 Å². The number of phenolic OH excluding ortho intramolecular Hbond substituents is 1. The molecule has 1 heterocycles. The van der Waals surface area contributed by atoms with Crippen molar-refractivity contribution in [3.05, 3.63) is 120 Å². The Morgan fingerprint density at radius 2 is 1.72 bits per heavy atom.